The number of nitrogens with zero attached hydrogens (tertiary/aromatic N) is 3. The maximum Gasteiger partial charge on any atom is 0.224 e. The number of anilines is 2. The third-order valence-electron chi connectivity index (χ3n) is 3.16. The van der Waals surface area contributed by atoms with E-state index in [2.05, 4.69) is 27.2 Å². The predicted molar refractivity (Wildman–Crippen MR) is 67.2 cm³/mol. The highest BCUT2D eigenvalue weighted by molar-refractivity contribution is 6.32. The summed E-state index contributed by atoms with van der Waals surface area (Å²) in [5, 5.41) is 3.55. The lowest BCUT2D eigenvalue weighted by molar-refractivity contribution is 0.646. The fraction of sp³-hybridized carbons (Fsp3) is 0.636. The molecular weight excluding hydrogens is 224 g/mol. The summed E-state index contributed by atoms with van der Waals surface area (Å²) in [7, 11) is 3.87. The van der Waals surface area contributed by atoms with Gasteiger partial charge in [-0.15, -0.1) is 0 Å². The number of halogens is 1. The summed E-state index contributed by atoms with van der Waals surface area (Å²) in [6.07, 6.45) is 6.71. The molecule has 88 valence electrons. The van der Waals surface area contributed by atoms with Crippen LogP contribution in [0.2, 0.25) is 5.02 Å². The summed E-state index contributed by atoms with van der Waals surface area (Å²) in [4.78, 5) is 10.7. The number of nitrogens with one attached hydrogen (secondary N) is 1. The van der Waals surface area contributed by atoms with Crippen LogP contribution in [-0.2, 0) is 0 Å². The molecule has 0 bridgehead atoms. The highest BCUT2D eigenvalue weighted by Gasteiger charge is 2.22. The second kappa shape index (κ2) is 4.87. The Morgan fingerprint density at radius 1 is 1.44 bits per heavy atom. The van der Waals surface area contributed by atoms with E-state index in [1.807, 2.05) is 7.05 Å². The highest BCUT2D eigenvalue weighted by atomic mass is 35.5. The lowest BCUT2D eigenvalue weighted by atomic mass is 10.2. The minimum atomic E-state index is 0.567. The molecule has 1 N–H and O–H groups in total. The molecule has 0 aliphatic heterocycles. The average Bonchev–Trinajstić information content (AvgIpc) is 2.82. The van der Waals surface area contributed by atoms with Gasteiger partial charge >= 0.3 is 0 Å². The van der Waals surface area contributed by atoms with Gasteiger partial charge in [-0.05, 0) is 12.8 Å². The maximum absolute atomic E-state index is 6.13. The number of hydrogen-bond acceptors (Lipinski definition) is 4. The van der Waals surface area contributed by atoms with Crippen molar-refractivity contribution in [2.45, 2.75) is 31.7 Å². The fourth-order valence-corrected chi connectivity index (χ4v) is 2.41. The SMILES string of the molecule is CNc1ncc(Cl)c(N(C)C2CCCC2)n1. The zero-order valence-electron chi connectivity index (χ0n) is 9.70. The van der Waals surface area contributed by atoms with Gasteiger partial charge in [0.25, 0.3) is 0 Å². The summed E-state index contributed by atoms with van der Waals surface area (Å²) >= 11 is 6.13. The van der Waals surface area contributed by atoms with Gasteiger partial charge in [-0.3, -0.25) is 0 Å². The van der Waals surface area contributed by atoms with Gasteiger partial charge in [-0.25, -0.2) is 4.98 Å². The van der Waals surface area contributed by atoms with Crippen LogP contribution in [0.1, 0.15) is 25.7 Å². The van der Waals surface area contributed by atoms with Crippen molar-refractivity contribution in [1.29, 1.82) is 0 Å². The summed E-state index contributed by atoms with van der Waals surface area (Å²) in [6.45, 7) is 0. The average molecular weight is 241 g/mol. The zero-order chi connectivity index (χ0) is 11.5. The van der Waals surface area contributed by atoms with Crippen LogP contribution < -0.4 is 10.2 Å². The normalized spacial score (nSPS) is 16.4. The van der Waals surface area contributed by atoms with Crippen molar-refractivity contribution in [3.63, 3.8) is 0 Å². The molecule has 2 rings (SSSR count). The fourth-order valence-electron chi connectivity index (χ4n) is 2.19. The molecule has 0 amide bonds. The monoisotopic (exact) mass is 240 g/mol. The smallest absolute Gasteiger partial charge is 0.224 e. The Labute approximate surface area is 101 Å². The molecule has 5 heteroatoms. The van der Waals surface area contributed by atoms with Crippen LogP contribution in [0.15, 0.2) is 6.20 Å². The molecule has 0 saturated heterocycles. The molecule has 1 aliphatic rings. The van der Waals surface area contributed by atoms with Crippen molar-refractivity contribution in [2.75, 3.05) is 24.3 Å². The molecule has 16 heavy (non-hydrogen) atoms. The molecule has 0 radical (unpaired) electrons. The van der Waals surface area contributed by atoms with Gasteiger partial charge < -0.3 is 10.2 Å². The van der Waals surface area contributed by atoms with Crippen LogP contribution >= 0.6 is 11.6 Å². The third kappa shape index (κ3) is 2.21. The number of hydrogen-bond donors (Lipinski definition) is 1. The van der Waals surface area contributed by atoms with Crippen molar-refractivity contribution in [2.24, 2.45) is 0 Å². The molecule has 1 heterocycles. The lowest BCUT2D eigenvalue weighted by Gasteiger charge is -2.26. The van der Waals surface area contributed by atoms with E-state index in [1.54, 1.807) is 6.20 Å². The molecule has 4 nitrogen and oxygen atoms in total. The molecule has 0 spiro atoms. The Kier molecular flexibility index (Phi) is 3.49. The van der Waals surface area contributed by atoms with Crippen molar-refractivity contribution in [3.05, 3.63) is 11.2 Å². The highest BCUT2D eigenvalue weighted by Crippen LogP contribution is 2.30. The van der Waals surface area contributed by atoms with E-state index in [1.165, 1.54) is 25.7 Å². The minimum absolute atomic E-state index is 0.567. The van der Waals surface area contributed by atoms with E-state index in [0.29, 0.717) is 17.0 Å². The molecule has 1 aliphatic carbocycles. The Morgan fingerprint density at radius 2 is 2.12 bits per heavy atom. The molecular formula is C11H17ClN4. The first-order chi connectivity index (χ1) is 7.72. The van der Waals surface area contributed by atoms with Crippen molar-refractivity contribution in [1.82, 2.24) is 9.97 Å². The van der Waals surface area contributed by atoms with Crippen LogP contribution in [0, 0.1) is 0 Å². The van der Waals surface area contributed by atoms with Crippen molar-refractivity contribution in [3.8, 4) is 0 Å². The van der Waals surface area contributed by atoms with E-state index in [9.17, 15) is 0 Å². The quantitative estimate of drug-likeness (QED) is 0.882. The van der Waals surface area contributed by atoms with Crippen LogP contribution in [0.5, 0.6) is 0 Å². The van der Waals surface area contributed by atoms with Gasteiger partial charge in [0.15, 0.2) is 5.82 Å². The van der Waals surface area contributed by atoms with Crippen molar-refractivity contribution >= 4 is 23.4 Å². The van der Waals surface area contributed by atoms with Crippen molar-refractivity contribution < 1.29 is 0 Å². The predicted octanol–water partition coefficient (Wildman–Crippen LogP) is 2.55. The first-order valence-corrected chi connectivity index (χ1v) is 6.03. The molecule has 1 aromatic heterocycles. The van der Waals surface area contributed by atoms with E-state index in [4.69, 9.17) is 11.6 Å². The first kappa shape index (κ1) is 11.5. The van der Waals surface area contributed by atoms with Gasteiger partial charge in [-0.2, -0.15) is 4.98 Å². The summed E-state index contributed by atoms with van der Waals surface area (Å²) < 4.78 is 0. The van der Waals surface area contributed by atoms with Gasteiger partial charge in [0, 0.05) is 20.1 Å². The summed E-state index contributed by atoms with van der Waals surface area (Å²) in [5.41, 5.74) is 0. The van der Waals surface area contributed by atoms with Crippen LogP contribution in [0.3, 0.4) is 0 Å². The summed E-state index contributed by atoms with van der Waals surface area (Å²) in [5.74, 6) is 1.44. The number of aromatic nitrogens is 2. The lowest BCUT2D eigenvalue weighted by Crippen LogP contribution is -2.30. The second-order valence-electron chi connectivity index (χ2n) is 4.16. The molecule has 0 aromatic carbocycles. The molecule has 1 aromatic rings. The molecule has 1 saturated carbocycles. The van der Waals surface area contributed by atoms with Gasteiger partial charge in [-0.1, -0.05) is 24.4 Å². The van der Waals surface area contributed by atoms with E-state index < -0.39 is 0 Å². The summed E-state index contributed by atoms with van der Waals surface area (Å²) in [6, 6.07) is 0.567. The Balaban J connectivity index is 2.23. The van der Waals surface area contributed by atoms with Gasteiger partial charge in [0.2, 0.25) is 5.95 Å². The van der Waals surface area contributed by atoms with Crippen LogP contribution in [0.25, 0.3) is 0 Å². The largest absolute Gasteiger partial charge is 0.357 e. The van der Waals surface area contributed by atoms with E-state index in [0.717, 1.165) is 5.82 Å². The van der Waals surface area contributed by atoms with Gasteiger partial charge in [0.1, 0.15) is 5.02 Å². The minimum Gasteiger partial charge on any atom is -0.357 e. The third-order valence-corrected chi connectivity index (χ3v) is 3.42. The standard InChI is InChI=1S/C11H17ClN4/c1-13-11-14-7-9(12)10(15-11)16(2)8-5-3-4-6-8/h7-8H,3-6H2,1-2H3,(H,13,14,15). The Morgan fingerprint density at radius 3 is 2.75 bits per heavy atom. The van der Waals surface area contributed by atoms with Gasteiger partial charge in [0.05, 0.1) is 6.20 Å². The number of rotatable bonds is 3. The topological polar surface area (TPSA) is 41.1 Å². The first-order valence-electron chi connectivity index (χ1n) is 5.65. The zero-order valence-corrected chi connectivity index (χ0v) is 10.5. The maximum atomic E-state index is 6.13. The van der Waals surface area contributed by atoms with Crippen LogP contribution in [-0.4, -0.2) is 30.1 Å². The molecule has 0 unspecified atom stereocenters. The van der Waals surface area contributed by atoms with Crippen LogP contribution in [0.4, 0.5) is 11.8 Å². The molecule has 0 atom stereocenters. The Bertz CT molecular complexity index is 363. The second-order valence-corrected chi connectivity index (χ2v) is 4.57. The Hall–Kier alpha value is -1.03. The van der Waals surface area contributed by atoms with E-state index >= 15 is 0 Å². The van der Waals surface area contributed by atoms with E-state index in [-0.39, 0.29) is 0 Å². The molecule has 1 fully saturated rings.